The quantitative estimate of drug-likeness (QED) is 0.542. The Morgan fingerprint density at radius 2 is 1.75 bits per heavy atom. The van der Waals surface area contributed by atoms with Crippen molar-refractivity contribution in [2.24, 2.45) is 0 Å². The molecule has 1 aromatic carbocycles. The minimum absolute atomic E-state index is 0.254. The third-order valence-corrected chi connectivity index (χ3v) is 2.93. The van der Waals surface area contributed by atoms with Crippen LogP contribution >= 0.6 is 0 Å². The topological polar surface area (TPSA) is 46.2 Å². The molecule has 0 heterocycles. The molecular weight excluding hydrogens is 198 g/mol. The standard InChI is InChI=1S/C14H23NO/c1-2-3-4-5-6-7-8-12-9-10-13(16)11-14(12)15/h9-11,16H,2-8,15H2,1H3. The largest absolute Gasteiger partial charge is 0.508 e. The van der Waals surface area contributed by atoms with Gasteiger partial charge in [0, 0.05) is 11.8 Å². The first-order chi connectivity index (χ1) is 7.74. The average Bonchev–Trinajstić information content (AvgIpc) is 2.26. The normalized spacial score (nSPS) is 10.6. The number of nitrogens with two attached hydrogens (primary N) is 1. The van der Waals surface area contributed by atoms with Gasteiger partial charge in [0.05, 0.1) is 0 Å². The number of rotatable bonds is 7. The molecule has 0 bridgehead atoms. The summed E-state index contributed by atoms with van der Waals surface area (Å²) in [5, 5.41) is 9.23. The number of aromatic hydroxyl groups is 1. The maximum Gasteiger partial charge on any atom is 0.117 e. The molecule has 2 heteroatoms. The van der Waals surface area contributed by atoms with E-state index in [-0.39, 0.29) is 5.75 Å². The maximum absolute atomic E-state index is 9.23. The summed E-state index contributed by atoms with van der Waals surface area (Å²) in [4.78, 5) is 0. The van der Waals surface area contributed by atoms with Crippen LogP contribution < -0.4 is 5.73 Å². The van der Waals surface area contributed by atoms with E-state index in [2.05, 4.69) is 6.92 Å². The number of nitrogen functional groups attached to an aromatic ring is 1. The van der Waals surface area contributed by atoms with Crippen molar-refractivity contribution in [3.8, 4) is 5.75 Å². The van der Waals surface area contributed by atoms with Crippen LogP contribution in [0.25, 0.3) is 0 Å². The first-order valence-corrected chi connectivity index (χ1v) is 6.31. The van der Waals surface area contributed by atoms with Gasteiger partial charge in [-0.3, -0.25) is 0 Å². The van der Waals surface area contributed by atoms with Gasteiger partial charge >= 0.3 is 0 Å². The van der Waals surface area contributed by atoms with Crippen LogP contribution in [0.1, 0.15) is 51.0 Å². The lowest BCUT2D eigenvalue weighted by molar-refractivity contribution is 0.475. The predicted molar refractivity (Wildman–Crippen MR) is 69.6 cm³/mol. The lowest BCUT2D eigenvalue weighted by atomic mass is 10.0. The molecule has 90 valence electrons. The molecule has 2 nitrogen and oxygen atoms in total. The molecule has 1 aromatic rings. The molecule has 1 rings (SSSR count). The van der Waals surface area contributed by atoms with E-state index in [1.54, 1.807) is 12.1 Å². The number of phenolic OH excluding ortho intramolecular Hbond substituents is 1. The van der Waals surface area contributed by atoms with E-state index >= 15 is 0 Å². The molecule has 0 fully saturated rings. The first kappa shape index (κ1) is 12.9. The lowest BCUT2D eigenvalue weighted by Crippen LogP contribution is -1.94. The molecule has 3 N–H and O–H groups in total. The summed E-state index contributed by atoms with van der Waals surface area (Å²) in [6.07, 6.45) is 8.82. The molecule has 0 spiro atoms. The van der Waals surface area contributed by atoms with E-state index in [4.69, 9.17) is 5.73 Å². The number of benzene rings is 1. The maximum atomic E-state index is 9.23. The summed E-state index contributed by atoms with van der Waals surface area (Å²) in [5.41, 5.74) is 7.70. The second-order valence-electron chi connectivity index (χ2n) is 4.40. The smallest absolute Gasteiger partial charge is 0.117 e. The van der Waals surface area contributed by atoms with Crippen molar-refractivity contribution in [1.29, 1.82) is 0 Å². The number of anilines is 1. The fourth-order valence-corrected chi connectivity index (χ4v) is 1.91. The van der Waals surface area contributed by atoms with Crippen LogP contribution in [-0.2, 0) is 6.42 Å². The predicted octanol–water partition coefficient (Wildman–Crippen LogP) is 3.88. The van der Waals surface area contributed by atoms with Gasteiger partial charge in [-0.25, -0.2) is 0 Å². The highest BCUT2D eigenvalue weighted by molar-refractivity contribution is 5.50. The van der Waals surface area contributed by atoms with E-state index in [0.717, 1.165) is 12.0 Å². The molecule has 0 saturated heterocycles. The third kappa shape index (κ3) is 4.56. The molecule has 0 saturated carbocycles. The van der Waals surface area contributed by atoms with Crippen molar-refractivity contribution in [2.45, 2.75) is 51.9 Å². The second-order valence-corrected chi connectivity index (χ2v) is 4.40. The SMILES string of the molecule is CCCCCCCCc1ccc(O)cc1N. The molecule has 0 aliphatic rings. The molecule has 0 atom stereocenters. The highest BCUT2D eigenvalue weighted by Crippen LogP contribution is 2.20. The van der Waals surface area contributed by atoms with Gasteiger partial charge in [-0.15, -0.1) is 0 Å². The van der Waals surface area contributed by atoms with Crippen molar-refractivity contribution < 1.29 is 5.11 Å². The Bertz CT molecular complexity index is 310. The number of unbranched alkanes of at least 4 members (excludes halogenated alkanes) is 5. The van der Waals surface area contributed by atoms with Crippen molar-refractivity contribution in [3.05, 3.63) is 23.8 Å². The Kier molecular flexibility index (Phi) is 5.76. The Balaban J connectivity index is 2.21. The first-order valence-electron chi connectivity index (χ1n) is 6.31. The minimum atomic E-state index is 0.254. The fraction of sp³-hybridized carbons (Fsp3) is 0.571. The van der Waals surface area contributed by atoms with Gasteiger partial charge in [0.1, 0.15) is 5.75 Å². The minimum Gasteiger partial charge on any atom is -0.508 e. The molecular formula is C14H23NO. The summed E-state index contributed by atoms with van der Waals surface area (Å²) in [6.45, 7) is 2.23. The van der Waals surface area contributed by atoms with Crippen molar-refractivity contribution in [2.75, 3.05) is 5.73 Å². The monoisotopic (exact) mass is 221 g/mol. The molecule has 0 radical (unpaired) electrons. The number of aryl methyl sites for hydroxylation is 1. The van der Waals surface area contributed by atoms with Gasteiger partial charge in [-0.05, 0) is 24.5 Å². The average molecular weight is 221 g/mol. The van der Waals surface area contributed by atoms with Crippen LogP contribution in [0.2, 0.25) is 0 Å². The van der Waals surface area contributed by atoms with E-state index in [9.17, 15) is 5.11 Å². The van der Waals surface area contributed by atoms with Crippen molar-refractivity contribution >= 4 is 5.69 Å². The summed E-state index contributed by atoms with van der Waals surface area (Å²) in [7, 11) is 0. The Morgan fingerprint density at radius 3 is 2.44 bits per heavy atom. The third-order valence-electron chi connectivity index (χ3n) is 2.93. The molecule has 0 unspecified atom stereocenters. The van der Waals surface area contributed by atoms with Crippen LogP contribution in [0.3, 0.4) is 0 Å². The van der Waals surface area contributed by atoms with E-state index in [1.165, 1.54) is 38.5 Å². The van der Waals surface area contributed by atoms with Crippen LogP contribution in [0.5, 0.6) is 5.75 Å². The van der Waals surface area contributed by atoms with Gasteiger partial charge in [0.15, 0.2) is 0 Å². The summed E-state index contributed by atoms with van der Waals surface area (Å²) < 4.78 is 0. The molecule has 0 aliphatic carbocycles. The van der Waals surface area contributed by atoms with Crippen molar-refractivity contribution in [3.63, 3.8) is 0 Å². The zero-order valence-corrected chi connectivity index (χ0v) is 10.2. The molecule has 0 amide bonds. The number of hydrogen-bond acceptors (Lipinski definition) is 2. The van der Waals surface area contributed by atoms with Gasteiger partial charge in [-0.2, -0.15) is 0 Å². The van der Waals surface area contributed by atoms with E-state index in [0.29, 0.717) is 5.69 Å². The molecule has 0 aromatic heterocycles. The zero-order chi connectivity index (χ0) is 11.8. The van der Waals surface area contributed by atoms with Gasteiger partial charge in [-0.1, -0.05) is 45.1 Å². The van der Waals surface area contributed by atoms with Crippen LogP contribution in [0.4, 0.5) is 5.69 Å². The van der Waals surface area contributed by atoms with E-state index in [1.807, 2.05) is 6.07 Å². The number of hydrogen-bond donors (Lipinski definition) is 2. The highest BCUT2D eigenvalue weighted by atomic mass is 16.3. The van der Waals surface area contributed by atoms with Crippen LogP contribution in [-0.4, -0.2) is 5.11 Å². The van der Waals surface area contributed by atoms with Gasteiger partial charge < -0.3 is 10.8 Å². The number of phenols is 1. The van der Waals surface area contributed by atoms with Crippen molar-refractivity contribution in [1.82, 2.24) is 0 Å². The van der Waals surface area contributed by atoms with Gasteiger partial charge in [0.25, 0.3) is 0 Å². The lowest BCUT2D eigenvalue weighted by Gasteiger charge is -2.06. The highest BCUT2D eigenvalue weighted by Gasteiger charge is 2.00. The van der Waals surface area contributed by atoms with Crippen LogP contribution in [0, 0.1) is 0 Å². The fourth-order valence-electron chi connectivity index (χ4n) is 1.91. The Morgan fingerprint density at radius 1 is 1.06 bits per heavy atom. The van der Waals surface area contributed by atoms with Crippen LogP contribution in [0.15, 0.2) is 18.2 Å². The summed E-state index contributed by atoms with van der Waals surface area (Å²) in [6, 6.07) is 5.27. The molecule has 16 heavy (non-hydrogen) atoms. The Hall–Kier alpha value is -1.18. The Labute approximate surface area is 98.5 Å². The molecule has 0 aliphatic heterocycles. The van der Waals surface area contributed by atoms with E-state index < -0.39 is 0 Å². The second kappa shape index (κ2) is 7.15. The summed E-state index contributed by atoms with van der Waals surface area (Å²) >= 11 is 0. The zero-order valence-electron chi connectivity index (χ0n) is 10.2. The van der Waals surface area contributed by atoms with Gasteiger partial charge in [0.2, 0.25) is 0 Å². The summed E-state index contributed by atoms with van der Waals surface area (Å²) in [5.74, 6) is 0.254.